The molecule has 0 spiro atoms. The molecule has 48 valence electrons. The highest BCUT2D eigenvalue weighted by Gasteiger charge is 1.98. The first-order valence-electron chi connectivity index (χ1n) is 2.47. The van der Waals surface area contributed by atoms with Crippen molar-refractivity contribution in [1.29, 1.82) is 0 Å². The first kappa shape index (κ1) is 5.75. The molecule has 0 radical (unpaired) electrons. The van der Waals surface area contributed by atoms with Crippen LogP contribution < -0.4 is 0 Å². The summed E-state index contributed by atoms with van der Waals surface area (Å²) in [5.41, 5.74) is 0. The third-order valence-corrected chi connectivity index (χ3v) is 1.06. The fourth-order valence-electron chi connectivity index (χ4n) is 0.614. The van der Waals surface area contributed by atoms with E-state index in [1.54, 1.807) is 0 Å². The van der Waals surface area contributed by atoms with Gasteiger partial charge in [0.1, 0.15) is 0 Å². The van der Waals surface area contributed by atoms with Crippen molar-refractivity contribution in [2.24, 2.45) is 0 Å². The molecule has 3 nitrogen and oxygen atoms in total. The maximum atomic E-state index is 8.86. The quantitative estimate of drug-likeness (QED) is 0.588. The second-order valence-corrected chi connectivity index (χ2v) is 1.60. The van der Waals surface area contributed by atoms with Gasteiger partial charge in [-0.3, -0.25) is 4.57 Å². The van der Waals surface area contributed by atoms with Crippen molar-refractivity contribution < 1.29 is 10.2 Å². The van der Waals surface area contributed by atoms with Crippen molar-refractivity contribution in [3.05, 3.63) is 18.7 Å². The summed E-state index contributed by atoms with van der Waals surface area (Å²) in [5.74, 6) is -0.0231. The Balaban J connectivity index is 3.22. The van der Waals surface area contributed by atoms with Crippen LogP contribution in [0.5, 0.6) is 11.8 Å². The van der Waals surface area contributed by atoms with Crippen LogP contribution in [0.1, 0.15) is 0 Å². The van der Waals surface area contributed by atoms with E-state index in [1.807, 2.05) is 0 Å². The highest BCUT2D eigenvalue weighted by atomic mass is 16.3. The van der Waals surface area contributed by atoms with Crippen LogP contribution in [0.4, 0.5) is 0 Å². The van der Waals surface area contributed by atoms with Crippen molar-refractivity contribution in [2.45, 2.75) is 0 Å². The zero-order chi connectivity index (χ0) is 6.85. The molecule has 0 atom stereocenters. The van der Waals surface area contributed by atoms with E-state index in [-0.39, 0.29) is 11.8 Å². The first-order valence-corrected chi connectivity index (χ1v) is 2.47. The lowest BCUT2D eigenvalue weighted by Crippen LogP contribution is -1.80. The predicted molar refractivity (Wildman–Crippen MR) is 34.1 cm³/mol. The van der Waals surface area contributed by atoms with E-state index in [9.17, 15) is 0 Å². The molecule has 0 amide bonds. The van der Waals surface area contributed by atoms with Gasteiger partial charge in [-0.05, 0) is 0 Å². The van der Waals surface area contributed by atoms with Crippen molar-refractivity contribution in [1.82, 2.24) is 4.57 Å². The molecule has 3 heteroatoms. The number of hydrogen-bond acceptors (Lipinski definition) is 2. The van der Waals surface area contributed by atoms with Crippen LogP contribution in [-0.2, 0) is 0 Å². The van der Waals surface area contributed by atoms with E-state index < -0.39 is 0 Å². The predicted octanol–water partition coefficient (Wildman–Crippen LogP) is 1.000. The molecule has 0 saturated carbocycles. The molecule has 0 fully saturated rings. The van der Waals surface area contributed by atoms with E-state index in [0.29, 0.717) is 0 Å². The maximum Gasteiger partial charge on any atom is 0.198 e. The van der Waals surface area contributed by atoms with Crippen molar-refractivity contribution in [3.63, 3.8) is 0 Å². The minimum atomic E-state index is -0.0116. The Morgan fingerprint density at radius 1 is 1.33 bits per heavy atom. The molecule has 9 heavy (non-hydrogen) atoms. The van der Waals surface area contributed by atoms with Crippen molar-refractivity contribution >= 4 is 6.20 Å². The number of rotatable bonds is 1. The molecule has 0 aliphatic rings. The number of aromatic nitrogens is 1. The second-order valence-electron chi connectivity index (χ2n) is 1.60. The van der Waals surface area contributed by atoms with E-state index in [2.05, 4.69) is 6.58 Å². The third kappa shape index (κ3) is 0.762. The minimum Gasteiger partial charge on any atom is -0.494 e. The standard InChI is InChI=1S/C6H7NO2/c1-2-7-5(8)3-4-6(7)9/h2-4,8-9H,1H2. The van der Waals surface area contributed by atoms with Crippen LogP contribution in [0.3, 0.4) is 0 Å². The van der Waals surface area contributed by atoms with Gasteiger partial charge in [0, 0.05) is 18.3 Å². The molecule has 0 saturated heterocycles. The zero-order valence-corrected chi connectivity index (χ0v) is 4.78. The van der Waals surface area contributed by atoms with Gasteiger partial charge in [-0.1, -0.05) is 6.58 Å². The topological polar surface area (TPSA) is 45.4 Å². The van der Waals surface area contributed by atoms with Gasteiger partial charge in [-0.15, -0.1) is 0 Å². The highest BCUT2D eigenvalue weighted by molar-refractivity contribution is 5.36. The Hall–Kier alpha value is -1.38. The Kier molecular flexibility index (Phi) is 1.18. The van der Waals surface area contributed by atoms with Crippen LogP contribution >= 0.6 is 0 Å². The third-order valence-electron chi connectivity index (χ3n) is 1.06. The van der Waals surface area contributed by atoms with E-state index in [1.165, 1.54) is 22.9 Å². The Labute approximate surface area is 52.5 Å². The van der Waals surface area contributed by atoms with Gasteiger partial charge < -0.3 is 10.2 Å². The normalized spacial score (nSPS) is 9.33. The van der Waals surface area contributed by atoms with Crippen LogP contribution in [0.15, 0.2) is 18.7 Å². The lowest BCUT2D eigenvalue weighted by molar-refractivity contribution is 0.408. The molecular weight excluding hydrogens is 118 g/mol. The van der Waals surface area contributed by atoms with Crippen LogP contribution in [-0.4, -0.2) is 14.8 Å². The molecule has 0 bridgehead atoms. The first-order chi connectivity index (χ1) is 4.25. The SMILES string of the molecule is C=Cn1c(O)ccc1O. The van der Waals surface area contributed by atoms with Crippen LogP contribution in [0.25, 0.3) is 6.20 Å². The molecule has 1 aromatic heterocycles. The summed E-state index contributed by atoms with van der Waals surface area (Å²) in [5, 5.41) is 17.7. The van der Waals surface area contributed by atoms with Gasteiger partial charge in [-0.2, -0.15) is 0 Å². The smallest absolute Gasteiger partial charge is 0.198 e. The molecule has 0 unspecified atom stereocenters. The lowest BCUT2D eigenvalue weighted by Gasteiger charge is -1.95. The second kappa shape index (κ2) is 1.85. The summed E-state index contributed by atoms with van der Waals surface area (Å²) in [4.78, 5) is 0. The number of nitrogens with zero attached hydrogens (tertiary/aromatic N) is 1. The molecule has 0 aromatic carbocycles. The summed E-state index contributed by atoms with van der Waals surface area (Å²) in [6, 6.07) is 2.77. The minimum absolute atomic E-state index is 0.0116. The van der Waals surface area contributed by atoms with E-state index >= 15 is 0 Å². The summed E-state index contributed by atoms with van der Waals surface area (Å²) >= 11 is 0. The lowest BCUT2D eigenvalue weighted by atomic mass is 10.6. The van der Waals surface area contributed by atoms with Crippen LogP contribution in [0, 0.1) is 0 Å². The fourth-order valence-corrected chi connectivity index (χ4v) is 0.614. The Morgan fingerprint density at radius 3 is 2.00 bits per heavy atom. The average molecular weight is 125 g/mol. The Bertz CT molecular complexity index is 207. The van der Waals surface area contributed by atoms with Gasteiger partial charge in [0.15, 0.2) is 11.8 Å². The van der Waals surface area contributed by atoms with Crippen molar-refractivity contribution in [2.75, 3.05) is 0 Å². The maximum absolute atomic E-state index is 8.86. The van der Waals surface area contributed by atoms with Gasteiger partial charge in [-0.25, -0.2) is 0 Å². The van der Waals surface area contributed by atoms with Gasteiger partial charge in [0.05, 0.1) is 0 Å². The molecule has 1 heterocycles. The molecule has 1 rings (SSSR count). The largest absolute Gasteiger partial charge is 0.494 e. The summed E-state index contributed by atoms with van der Waals surface area (Å²) in [6.45, 7) is 3.37. The molecule has 2 N–H and O–H groups in total. The Morgan fingerprint density at radius 2 is 1.78 bits per heavy atom. The van der Waals surface area contributed by atoms with Gasteiger partial charge >= 0.3 is 0 Å². The summed E-state index contributed by atoms with van der Waals surface area (Å²) < 4.78 is 1.17. The van der Waals surface area contributed by atoms with Crippen LogP contribution in [0.2, 0.25) is 0 Å². The average Bonchev–Trinajstić information content (AvgIpc) is 2.12. The summed E-state index contributed by atoms with van der Waals surface area (Å²) in [7, 11) is 0. The fraction of sp³-hybridized carbons (Fsp3) is 0. The number of hydrogen-bond donors (Lipinski definition) is 2. The molecule has 0 aliphatic heterocycles. The molecule has 1 aromatic rings. The zero-order valence-electron chi connectivity index (χ0n) is 4.78. The van der Waals surface area contributed by atoms with E-state index in [4.69, 9.17) is 10.2 Å². The molecule has 0 aliphatic carbocycles. The van der Waals surface area contributed by atoms with Crippen molar-refractivity contribution in [3.8, 4) is 11.8 Å². The van der Waals surface area contributed by atoms with E-state index in [0.717, 1.165) is 0 Å². The number of aromatic hydroxyl groups is 2. The summed E-state index contributed by atoms with van der Waals surface area (Å²) in [6.07, 6.45) is 1.32. The molecular formula is C6H7NO2. The monoisotopic (exact) mass is 125 g/mol. The van der Waals surface area contributed by atoms with Gasteiger partial charge in [0.25, 0.3) is 0 Å². The highest BCUT2D eigenvalue weighted by Crippen LogP contribution is 2.19. The van der Waals surface area contributed by atoms with Gasteiger partial charge in [0.2, 0.25) is 0 Å².